The molecule has 0 radical (unpaired) electrons. The normalized spacial score (nSPS) is 13.5. The molecule has 0 heterocycles. The molecule has 0 bridgehead atoms. The molecule has 0 aliphatic rings. The zero-order valence-electron chi connectivity index (χ0n) is 35.7. The zero-order valence-corrected chi connectivity index (χ0v) is 39.5. The average Bonchev–Trinajstić information content (AvgIpc) is 3.25. The van der Waals surface area contributed by atoms with Crippen molar-refractivity contribution in [2.75, 3.05) is 21.3 Å². The van der Waals surface area contributed by atoms with Crippen LogP contribution in [-0.4, -0.2) is 52.8 Å². The van der Waals surface area contributed by atoms with Crippen LogP contribution < -0.4 is 26.0 Å². The second-order valence-corrected chi connectivity index (χ2v) is 17.3. The highest BCUT2D eigenvalue weighted by atomic mass is 35.5. The van der Waals surface area contributed by atoms with Gasteiger partial charge in [-0.05, 0) is 119 Å². The number of hydrogen-bond donors (Lipinski definition) is 4. The number of nitrogens with one attached hydrogen (secondary N) is 4. The van der Waals surface area contributed by atoms with Gasteiger partial charge in [0.15, 0.2) is 17.1 Å². The maximum Gasteiger partial charge on any atom is 0.258 e. The van der Waals surface area contributed by atoms with Gasteiger partial charge in [0.05, 0.1) is 26.5 Å². The van der Waals surface area contributed by atoms with E-state index in [-0.39, 0.29) is 60.4 Å². The summed E-state index contributed by atoms with van der Waals surface area (Å²) in [6.07, 6.45) is 0. The molecular weight excluding hydrogens is 954 g/mol. The van der Waals surface area contributed by atoms with Crippen LogP contribution in [0.2, 0.25) is 10.0 Å². The Labute approximate surface area is 404 Å². The van der Waals surface area contributed by atoms with E-state index in [0.29, 0.717) is 11.4 Å². The number of ketones is 2. The van der Waals surface area contributed by atoms with Crippen molar-refractivity contribution in [2.45, 2.75) is 63.0 Å². The first-order valence-corrected chi connectivity index (χ1v) is 21.9. The molecule has 20 heteroatoms. The molecule has 0 aliphatic heterocycles. The van der Waals surface area contributed by atoms with E-state index < -0.39 is 52.8 Å². The summed E-state index contributed by atoms with van der Waals surface area (Å²) < 4.78 is 5.69. The minimum Gasteiger partial charge on any atom is -0.473 e. The molecule has 5 rings (SSSR count). The summed E-state index contributed by atoms with van der Waals surface area (Å²) in [6, 6.07) is 23.2. The molecule has 0 fully saturated rings. The van der Waals surface area contributed by atoms with Crippen molar-refractivity contribution in [3.05, 3.63) is 135 Å². The molecule has 5 aromatic rings. The maximum absolute atomic E-state index is 13.5. The molecule has 5 unspecified atom stereocenters. The second-order valence-electron chi connectivity index (χ2n) is 14.5. The van der Waals surface area contributed by atoms with E-state index in [9.17, 15) is 28.8 Å². The smallest absolute Gasteiger partial charge is 0.258 e. The number of ether oxygens (including phenoxy) is 1. The summed E-state index contributed by atoms with van der Waals surface area (Å²) in [4.78, 5) is 78.3. The van der Waals surface area contributed by atoms with Gasteiger partial charge in [0.1, 0.15) is 17.1 Å². The summed E-state index contributed by atoms with van der Waals surface area (Å²) in [5, 5.41) is 26.4. The molecule has 0 saturated heterocycles. The van der Waals surface area contributed by atoms with Crippen LogP contribution >= 0.6 is 58.0 Å². The highest BCUT2D eigenvalue weighted by Crippen LogP contribution is 2.33. The minimum absolute atomic E-state index is 0.0118. The van der Waals surface area contributed by atoms with Gasteiger partial charge in [0.25, 0.3) is 23.6 Å². The summed E-state index contributed by atoms with van der Waals surface area (Å²) in [5.41, 5.74) is 2.36. The number of hydrogen-bond acceptors (Lipinski definition) is 11. The quantitative estimate of drug-likeness (QED) is 0.0379. The first kappa shape index (κ1) is 50.8. The van der Waals surface area contributed by atoms with Gasteiger partial charge in [0.2, 0.25) is 12.1 Å². The van der Waals surface area contributed by atoms with Crippen molar-refractivity contribution in [3.63, 3.8) is 0 Å². The molecule has 4 N–H and O–H groups in total. The van der Waals surface area contributed by atoms with Gasteiger partial charge in [-0.1, -0.05) is 59.1 Å². The lowest BCUT2D eigenvalue weighted by atomic mass is 10.1. The summed E-state index contributed by atoms with van der Waals surface area (Å²) in [5.74, 6) is -4.15. The Bertz CT molecular complexity index is 2700. The van der Waals surface area contributed by atoms with Crippen molar-refractivity contribution in [1.29, 1.82) is 0 Å². The molecule has 0 aliphatic carbocycles. The Kier molecular flexibility index (Phi) is 17.9. The van der Waals surface area contributed by atoms with Gasteiger partial charge in [-0.2, -0.15) is 20.5 Å². The van der Waals surface area contributed by atoms with E-state index in [4.69, 9.17) is 62.7 Å². The molecule has 0 aromatic heterocycles. The van der Waals surface area contributed by atoms with E-state index >= 15 is 0 Å². The Hall–Kier alpha value is -6.23. The van der Waals surface area contributed by atoms with Crippen LogP contribution in [0.15, 0.2) is 124 Å². The number of anilines is 4. The van der Waals surface area contributed by atoms with E-state index in [1.54, 1.807) is 48.5 Å². The number of benzene rings is 5. The SMILES string of the molecule is CC(=O)C(N=Nc1cc(C(=O)Nc2ccc(C(C)Cl)cc2)ccc1Cl)C(=O)Nc1ccc(NC(=O)C(N=Nc2cc(C(=O)Nc3ccc(C(C)Cl)cc3)ccc2Cl)C(C)=O)c(OC(C)Cl)c1. The highest BCUT2D eigenvalue weighted by Gasteiger charge is 2.27. The summed E-state index contributed by atoms with van der Waals surface area (Å²) in [7, 11) is 0. The van der Waals surface area contributed by atoms with E-state index in [1.165, 1.54) is 61.5 Å². The van der Waals surface area contributed by atoms with Crippen LogP contribution in [0.5, 0.6) is 5.75 Å². The molecule has 4 amide bonds. The largest absolute Gasteiger partial charge is 0.473 e. The third-order valence-electron chi connectivity index (χ3n) is 9.30. The van der Waals surface area contributed by atoms with E-state index in [0.717, 1.165) is 25.0 Å². The second kappa shape index (κ2) is 23.3. The van der Waals surface area contributed by atoms with Gasteiger partial charge in [-0.25, -0.2) is 0 Å². The number of amides is 4. The topological polar surface area (TPSA) is 209 Å². The fourth-order valence-electron chi connectivity index (χ4n) is 5.80. The lowest BCUT2D eigenvalue weighted by molar-refractivity contribution is -0.127. The lowest BCUT2D eigenvalue weighted by Gasteiger charge is -2.17. The fourth-order valence-corrected chi connectivity index (χ4v) is 6.49. The number of rotatable bonds is 18. The first-order valence-electron chi connectivity index (χ1n) is 19.9. The van der Waals surface area contributed by atoms with E-state index in [2.05, 4.69) is 41.7 Å². The third-order valence-corrected chi connectivity index (χ3v) is 10.5. The number of alkyl halides is 3. The van der Waals surface area contributed by atoms with Crippen molar-refractivity contribution in [3.8, 4) is 5.75 Å². The number of nitrogens with zero attached hydrogens (tertiary/aromatic N) is 4. The van der Waals surface area contributed by atoms with Crippen LogP contribution in [0.25, 0.3) is 0 Å². The van der Waals surface area contributed by atoms with Crippen molar-refractivity contribution in [2.24, 2.45) is 20.5 Å². The molecule has 66 heavy (non-hydrogen) atoms. The minimum atomic E-state index is -1.68. The Balaban J connectivity index is 1.28. The first-order chi connectivity index (χ1) is 31.3. The fraction of sp³-hybridized carbons (Fsp3) is 0.217. The number of carbonyl (C=O) groups excluding carboxylic acids is 6. The molecular formula is C46H41Cl5N8O7. The molecule has 342 valence electrons. The monoisotopic (exact) mass is 992 g/mol. The van der Waals surface area contributed by atoms with Crippen molar-refractivity contribution < 1.29 is 33.5 Å². The van der Waals surface area contributed by atoms with Gasteiger partial charge in [-0.15, -0.1) is 23.2 Å². The van der Waals surface area contributed by atoms with Crippen LogP contribution in [0, 0.1) is 0 Å². The van der Waals surface area contributed by atoms with Crippen LogP contribution in [0.1, 0.15) is 77.2 Å². The van der Waals surface area contributed by atoms with E-state index in [1.807, 2.05) is 13.8 Å². The Morgan fingerprint density at radius 1 is 0.515 bits per heavy atom. The summed E-state index contributed by atoms with van der Waals surface area (Å²) in [6.45, 7) is 7.43. The van der Waals surface area contributed by atoms with Crippen molar-refractivity contribution >= 4 is 127 Å². The number of carbonyl (C=O) groups is 6. The number of Topliss-reactive ketones (excluding diaryl/α,β-unsaturated/α-hetero) is 2. The predicted molar refractivity (Wildman–Crippen MR) is 258 cm³/mol. The van der Waals surface area contributed by atoms with Crippen molar-refractivity contribution in [1.82, 2.24) is 0 Å². The van der Waals surface area contributed by atoms with Gasteiger partial charge in [0, 0.05) is 34.3 Å². The third kappa shape index (κ3) is 14.1. The van der Waals surface area contributed by atoms with Gasteiger partial charge < -0.3 is 26.0 Å². The average molecular weight is 995 g/mol. The molecule has 5 atom stereocenters. The van der Waals surface area contributed by atoms with Crippen LogP contribution in [-0.2, 0) is 19.2 Å². The molecule has 0 saturated carbocycles. The summed E-state index contributed by atoms with van der Waals surface area (Å²) >= 11 is 31.1. The molecule has 5 aromatic carbocycles. The molecule has 15 nitrogen and oxygen atoms in total. The van der Waals surface area contributed by atoms with Gasteiger partial charge >= 0.3 is 0 Å². The number of azo groups is 2. The number of halogens is 5. The predicted octanol–water partition coefficient (Wildman–Crippen LogP) is 12.4. The Morgan fingerprint density at radius 2 is 0.924 bits per heavy atom. The standard InChI is InChI=1S/C46H41Cl5N8O7/c1-23(47)28-6-12-32(13-7-28)52-43(62)30-10-17-35(50)38(20-30)56-58-41(25(3)60)45(64)54-34-16-19-37(40(22-34)66-27(5)49)55-46(65)42(26(4)61)59-57-39-21-31(11-18-36(39)51)44(63)53-33-14-8-29(9-15-33)24(2)48/h6-24,27,41-42H,1-5H3,(H,52,62)(H,53,63)(H,54,64)(H,55,65). The molecule has 0 spiro atoms. The highest BCUT2D eigenvalue weighted by molar-refractivity contribution is 6.33. The van der Waals surface area contributed by atoms with Gasteiger partial charge in [-0.3, -0.25) is 28.8 Å². The zero-order chi connectivity index (χ0) is 48.2. The maximum atomic E-state index is 13.5. The van der Waals surface area contributed by atoms with Crippen LogP contribution in [0.3, 0.4) is 0 Å². The Morgan fingerprint density at radius 3 is 1.32 bits per heavy atom. The van der Waals surface area contributed by atoms with Crippen LogP contribution in [0.4, 0.5) is 34.1 Å². The lowest BCUT2D eigenvalue weighted by Crippen LogP contribution is -2.32.